The molecule has 0 unspecified atom stereocenters. The summed E-state index contributed by atoms with van der Waals surface area (Å²) in [5.74, 6) is 0. The van der Waals surface area contributed by atoms with Gasteiger partial charge >= 0.3 is 7.60 Å². The average molecular weight is 383 g/mol. The minimum atomic E-state index is -3.77. The summed E-state index contributed by atoms with van der Waals surface area (Å²) < 4.78 is 11.5. The summed E-state index contributed by atoms with van der Waals surface area (Å²) in [5, 5.41) is 0. The van der Waals surface area contributed by atoms with E-state index in [1.54, 1.807) is 0 Å². The highest BCUT2D eigenvalue weighted by Crippen LogP contribution is 2.35. The van der Waals surface area contributed by atoms with E-state index >= 15 is 0 Å². The fraction of sp³-hybridized carbons (Fsp3) is 0.941. The molecule has 0 atom stereocenters. The van der Waals surface area contributed by atoms with E-state index in [-0.39, 0.29) is 6.16 Å². The molecule has 0 radical (unpaired) electrons. The lowest BCUT2D eigenvalue weighted by atomic mass is 10.0. The highest BCUT2D eigenvalue weighted by Gasteiger charge is 2.10. The quantitative estimate of drug-likeness (QED) is 0.120. The van der Waals surface area contributed by atoms with Crippen LogP contribution in [0.2, 0.25) is 0 Å². The van der Waals surface area contributed by atoms with Crippen molar-refractivity contribution in [1.82, 2.24) is 0 Å². The molecule has 6 heteroatoms. The molecule has 0 heterocycles. The van der Waals surface area contributed by atoms with E-state index in [2.05, 4.69) is 12.6 Å². The average Bonchev–Trinajstić information content (AvgIpc) is 2.45. The van der Waals surface area contributed by atoms with Crippen molar-refractivity contribution < 1.29 is 14.4 Å². The predicted molar refractivity (Wildman–Crippen MR) is 108 cm³/mol. The van der Waals surface area contributed by atoms with Crippen molar-refractivity contribution in [3.63, 3.8) is 0 Å². The summed E-state index contributed by atoms with van der Waals surface area (Å²) in [4.78, 5) is 17.5. The van der Waals surface area contributed by atoms with Crippen LogP contribution in [0, 0.1) is 0 Å². The Labute approximate surface area is 153 Å². The Kier molecular flexibility index (Phi) is 16.5. The third kappa shape index (κ3) is 22.6. The summed E-state index contributed by atoms with van der Waals surface area (Å²) >= 11 is 9.07. The summed E-state index contributed by atoms with van der Waals surface area (Å²) in [6, 6.07) is 0. The second-order valence-corrected chi connectivity index (χ2v) is 9.59. The highest BCUT2D eigenvalue weighted by atomic mass is 32.1. The fourth-order valence-corrected chi connectivity index (χ4v) is 3.65. The topological polar surface area (TPSA) is 57.5 Å². The van der Waals surface area contributed by atoms with Gasteiger partial charge in [0.15, 0.2) is 0 Å². The van der Waals surface area contributed by atoms with E-state index in [1.165, 1.54) is 70.6 Å². The van der Waals surface area contributed by atoms with Crippen molar-refractivity contribution in [1.29, 1.82) is 0 Å². The largest absolute Gasteiger partial charge is 0.325 e. The van der Waals surface area contributed by atoms with Crippen LogP contribution < -0.4 is 0 Å². The molecule has 0 saturated carbocycles. The molecule has 0 aromatic carbocycles. The summed E-state index contributed by atoms with van der Waals surface area (Å²) in [7, 11) is -3.77. The molecule has 3 nitrogen and oxygen atoms in total. The van der Waals surface area contributed by atoms with E-state index in [1.807, 2.05) is 0 Å². The maximum atomic E-state index is 10.7. The lowest BCUT2D eigenvalue weighted by Gasteiger charge is -2.04. The molecule has 0 fully saturated rings. The van der Waals surface area contributed by atoms with Gasteiger partial charge in [-0.25, -0.2) is 0 Å². The predicted octanol–water partition coefficient (Wildman–Crippen LogP) is 6.27. The second kappa shape index (κ2) is 16.1. The number of unbranched alkanes of at least 4 members (excludes halogenated alkanes) is 13. The van der Waals surface area contributed by atoms with Crippen LogP contribution in [0.25, 0.3) is 0 Å². The van der Waals surface area contributed by atoms with Crippen LogP contribution in [0.3, 0.4) is 0 Å². The Hall–Kier alpha value is 0.590. The first-order valence-corrected chi connectivity index (χ1v) is 11.8. The van der Waals surface area contributed by atoms with Crippen molar-refractivity contribution in [3.05, 3.63) is 0 Å². The van der Waals surface area contributed by atoms with Gasteiger partial charge in [0.2, 0.25) is 0 Å². The molecular formula is C17H35O3PS2. The summed E-state index contributed by atoms with van der Waals surface area (Å²) in [6.45, 7) is 0. The van der Waals surface area contributed by atoms with E-state index in [9.17, 15) is 4.57 Å². The standard InChI is InChI=1S/C17H35O3PS2/c18-21(19,20)16-14-12-10-8-6-4-2-1-3-5-7-9-11-13-15-17(22)23/h1-16H2,(H,22,23)(H2,18,19,20). The molecule has 0 aliphatic carbocycles. The van der Waals surface area contributed by atoms with Gasteiger partial charge in [-0.2, -0.15) is 0 Å². The number of thiol groups is 1. The third-order valence-electron chi connectivity index (χ3n) is 4.09. The van der Waals surface area contributed by atoms with Gasteiger partial charge in [-0.1, -0.05) is 89.3 Å². The van der Waals surface area contributed by atoms with Gasteiger partial charge in [0, 0.05) is 10.4 Å². The van der Waals surface area contributed by atoms with E-state index in [0.29, 0.717) is 6.42 Å². The Balaban J connectivity index is 3.05. The van der Waals surface area contributed by atoms with Gasteiger partial charge in [0.05, 0.1) is 0 Å². The molecule has 0 bridgehead atoms. The van der Waals surface area contributed by atoms with Crippen molar-refractivity contribution in [2.24, 2.45) is 0 Å². The number of thiocarbonyl (C=S) groups is 1. The minimum absolute atomic E-state index is 0.0499. The molecule has 0 amide bonds. The Bertz CT molecular complexity index is 332. The Morgan fingerprint density at radius 1 is 0.696 bits per heavy atom. The first-order valence-electron chi connectivity index (χ1n) is 9.18. The Morgan fingerprint density at radius 3 is 1.30 bits per heavy atom. The van der Waals surface area contributed by atoms with E-state index < -0.39 is 7.60 Å². The minimum Gasteiger partial charge on any atom is -0.324 e. The van der Waals surface area contributed by atoms with Crippen molar-refractivity contribution >= 4 is 36.6 Å². The molecule has 138 valence electrons. The molecular weight excluding hydrogens is 347 g/mol. The molecule has 2 N–H and O–H groups in total. The van der Waals surface area contributed by atoms with Crippen molar-refractivity contribution in [2.75, 3.05) is 6.16 Å². The van der Waals surface area contributed by atoms with Crippen LogP contribution in [0.1, 0.15) is 96.3 Å². The molecule has 0 aliphatic rings. The molecule has 0 aromatic rings. The number of hydrogen-bond acceptors (Lipinski definition) is 2. The molecule has 23 heavy (non-hydrogen) atoms. The number of rotatable bonds is 17. The first kappa shape index (κ1) is 23.6. The van der Waals surface area contributed by atoms with Gasteiger partial charge in [-0.15, -0.1) is 12.6 Å². The highest BCUT2D eigenvalue weighted by molar-refractivity contribution is 8.11. The van der Waals surface area contributed by atoms with Gasteiger partial charge in [-0.3, -0.25) is 4.57 Å². The first-order chi connectivity index (χ1) is 10.9. The fourth-order valence-electron chi connectivity index (χ4n) is 2.72. The van der Waals surface area contributed by atoms with Crippen molar-refractivity contribution in [3.8, 4) is 0 Å². The van der Waals surface area contributed by atoms with Crippen LogP contribution in [-0.2, 0) is 4.57 Å². The Morgan fingerprint density at radius 2 is 1.00 bits per heavy atom. The SMILES string of the molecule is O=P(O)(O)CCCCCCCCCCCCCCCCC(=S)S. The zero-order valence-corrected chi connectivity index (χ0v) is 17.0. The number of hydrogen-bond donors (Lipinski definition) is 3. The molecule has 0 saturated heterocycles. The monoisotopic (exact) mass is 382 g/mol. The van der Waals surface area contributed by atoms with Crippen LogP contribution in [0.4, 0.5) is 0 Å². The lowest BCUT2D eigenvalue weighted by Crippen LogP contribution is -1.88. The maximum absolute atomic E-state index is 10.7. The van der Waals surface area contributed by atoms with E-state index in [4.69, 9.17) is 22.0 Å². The smallest absolute Gasteiger partial charge is 0.324 e. The zero-order valence-electron chi connectivity index (χ0n) is 14.4. The van der Waals surface area contributed by atoms with Crippen LogP contribution in [0.5, 0.6) is 0 Å². The molecule has 0 aromatic heterocycles. The lowest BCUT2D eigenvalue weighted by molar-refractivity contribution is 0.370. The zero-order chi connectivity index (χ0) is 17.4. The second-order valence-electron chi connectivity index (χ2n) is 6.48. The van der Waals surface area contributed by atoms with Gasteiger partial charge in [-0.05, 0) is 19.3 Å². The normalized spacial score (nSPS) is 11.8. The molecule has 0 rings (SSSR count). The van der Waals surface area contributed by atoms with Crippen LogP contribution in [0.15, 0.2) is 0 Å². The van der Waals surface area contributed by atoms with E-state index in [0.717, 1.165) is 23.5 Å². The third-order valence-corrected chi connectivity index (χ3v) is 5.42. The van der Waals surface area contributed by atoms with Gasteiger partial charge in [0.1, 0.15) is 0 Å². The van der Waals surface area contributed by atoms with Gasteiger partial charge in [0.25, 0.3) is 0 Å². The van der Waals surface area contributed by atoms with Crippen LogP contribution in [-0.4, -0.2) is 20.1 Å². The summed E-state index contributed by atoms with van der Waals surface area (Å²) in [6.07, 6.45) is 18.0. The van der Waals surface area contributed by atoms with Crippen molar-refractivity contribution in [2.45, 2.75) is 96.3 Å². The molecule has 0 spiro atoms. The summed E-state index contributed by atoms with van der Waals surface area (Å²) in [5.41, 5.74) is 0. The maximum Gasteiger partial charge on any atom is 0.325 e. The van der Waals surface area contributed by atoms with Gasteiger partial charge < -0.3 is 9.79 Å². The molecule has 0 aliphatic heterocycles. The van der Waals surface area contributed by atoms with Crippen LogP contribution >= 0.6 is 32.4 Å².